The van der Waals surface area contributed by atoms with Crippen LogP contribution in [0.2, 0.25) is 0 Å². The van der Waals surface area contributed by atoms with Crippen LogP contribution in [0.5, 0.6) is 0 Å². The summed E-state index contributed by atoms with van der Waals surface area (Å²) >= 11 is 0. The Morgan fingerprint density at radius 2 is 1.74 bits per heavy atom. The van der Waals surface area contributed by atoms with Crippen molar-refractivity contribution in [2.24, 2.45) is 5.92 Å². The third-order valence-corrected chi connectivity index (χ3v) is 4.59. The van der Waals surface area contributed by atoms with Crippen LogP contribution in [-0.4, -0.2) is 42.5 Å². The van der Waals surface area contributed by atoms with E-state index in [1.807, 2.05) is 12.1 Å². The summed E-state index contributed by atoms with van der Waals surface area (Å²) < 4.78 is 0. The number of rotatable bonds is 4. The highest BCUT2D eigenvalue weighted by Crippen LogP contribution is 2.30. The summed E-state index contributed by atoms with van der Waals surface area (Å²) in [5.41, 5.74) is 7.99. The van der Waals surface area contributed by atoms with Crippen LogP contribution in [0.25, 0.3) is 0 Å². The molecule has 2 aliphatic rings. The molecule has 1 unspecified atom stereocenters. The van der Waals surface area contributed by atoms with Gasteiger partial charge in [0.25, 0.3) is 0 Å². The Bertz CT molecular complexity index is 403. The zero-order valence-electron chi connectivity index (χ0n) is 11.9. The number of anilines is 1. The Labute approximate surface area is 116 Å². The van der Waals surface area contributed by atoms with Crippen LogP contribution in [-0.2, 0) is 0 Å². The van der Waals surface area contributed by atoms with Crippen molar-refractivity contribution in [1.82, 2.24) is 9.80 Å². The van der Waals surface area contributed by atoms with Gasteiger partial charge >= 0.3 is 0 Å². The smallest absolute Gasteiger partial charge is 0.0320 e. The standard InChI is InChI=1S/C16H25N3/c1-13(15-4-6-16(17)7-5-15)19-10-8-18(9-11-19)12-14-2-3-14/h4-7,13-14H,2-3,8-12,17H2,1H3. The van der Waals surface area contributed by atoms with E-state index in [1.54, 1.807) is 0 Å². The lowest BCUT2D eigenvalue weighted by atomic mass is 10.1. The molecule has 2 fully saturated rings. The summed E-state index contributed by atoms with van der Waals surface area (Å²) in [6, 6.07) is 8.85. The molecule has 1 atom stereocenters. The average molecular weight is 259 g/mol. The summed E-state index contributed by atoms with van der Waals surface area (Å²) in [5, 5.41) is 0. The van der Waals surface area contributed by atoms with E-state index in [9.17, 15) is 0 Å². The van der Waals surface area contributed by atoms with Crippen LogP contribution in [0.15, 0.2) is 24.3 Å². The van der Waals surface area contributed by atoms with Gasteiger partial charge in [-0.1, -0.05) is 12.1 Å². The van der Waals surface area contributed by atoms with Crippen molar-refractivity contribution in [3.05, 3.63) is 29.8 Å². The number of benzene rings is 1. The minimum absolute atomic E-state index is 0.503. The lowest BCUT2D eigenvalue weighted by Gasteiger charge is -2.38. The van der Waals surface area contributed by atoms with E-state index >= 15 is 0 Å². The summed E-state index contributed by atoms with van der Waals surface area (Å²) in [4.78, 5) is 5.23. The molecule has 3 rings (SSSR count). The minimum Gasteiger partial charge on any atom is -0.399 e. The largest absolute Gasteiger partial charge is 0.399 e. The molecular weight excluding hydrogens is 234 g/mol. The zero-order chi connectivity index (χ0) is 13.2. The van der Waals surface area contributed by atoms with Gasteiger partial charge < -0.3 is 10.6 Å². The molecular formula is C16H25N3. The predicted octanol–water partition coefficient (Wildman–Crippen LogP) is 2.36. The third kappa shape index (κ3) is 3.28. The summed E-state index contributed by atoms with van der Waals surface area (Å²) in [5.74, 6) is 1.01. The van der Waals surface area contributed by atoms with Crippen molar-refractivity contribution in [2.75, 3.05) is 38.5 Å². The predicted molar refractivity (Wildman–Crippen MR) is 80.0 cm³/mol. The average Bonchev–Trinajstić information content (AvgIpc) is 3.24. The first-order chi connectivity index (χ1) is 9.22. The molecule has 3 heteroatoms. The van der Waals surface area contributed by atoms with Crippen LogP contribution in [0.4, 0.5) is 5.69 Å². The van der Waals surface area contributed by atoms with Crippen LogP contribution >= 0.6 is 0 Å². The lowest BCUT2D eigenvalue weighted by Crippen LogP contribution is -2.47. The quantitative estimate of drug-likeness (QED) is 0.843. The Balaban J connectivity index is 1.53. The van der Waals surface area contributed by atoms with E-state index in [4.69, 9.17) is 5.73 Å². The van der Waals surface area contributed by atoms with E-state index < -0.39 is 0 Å². The molecule has 1 saturated carbocycles. The summed E-state index contributed by atoms with van der Waals surface area (Å²) in [6.45, 7) is 8.49. The molecule has 3 nitrogen and oxygen atoms in total. The fourth-order valence-corrected chi connectivity index (χ4v) is 2.98. The maximum absolute atomic E-state index is 5.76. The van der Waals surface area contributed by atoms with Gasteiger partial charge in [0.1, 0.15) is 0 Å². The molecule has 1 aromatic rings. The zero-order valence-corrected chi connectivity index (χ0v) is 11.9. The molecule has 104 valence electrons. The Morgan fingerprint density at radius 1 is 1.11 bits per heavy atom. The van der Waals surface area contributed by atoms with Gasteiger partial charge in [0.15, 0.2) is 0 Å². The fourth-order valence-electron chi connectivity index (χ4n) is 2.98. The number of piperazine rings is 1. The molecule has 0 amide bonds. The Morgan fingerprint density at radius 3 is 2.32 bits per heavy atom. The van der Waals surface area contributed by atoms with Gasteiger partial charge in [0.05, 0.1) is 0 Å². The number of hydrogen-bond donors (Lipinski definition) is 1. The molecule has 0 aromatic heterocycles. The highest BCUT2D eigenvalue weighted by atomic mass is 15.3. The van der Waals surface area contributed by atoms with Gasteiger partial charge in [-0.05, 0) is 43.4 Å². The van der Waals surface area contributed by atoms with Crippen LogP contribution < -0.4 is 5.73 Å². The molecule has 19 heavy (non-hydrogen) atoms. The second kappa shape index (κ2) is 5.51. The fraction of sp³-hybridized carbons (Fsp3) is 0.625. The molecule has 0 bridgehead atoms. The number of hydrogen-bond acceptors (Lipinski definition) is 3. The maximum atomic E-state index is 5.76. The summed E-state index contributed by atoms with van der Waals surface area (Å²) in [7, 11) is 0. The first kappa shape index (κ1) is 12.9. The van der Waals surface area contributed by atoms with Crippen LogP contribution in [0.1, 0.15) is 31.4 Å². The number of nitrogens with zero attached hydrogens (tertiary/aromatic N) is 2. The van der Waals surface area contributed by atoms with Crippen molar-refractivity contribution in [3.8, 4) is 0 Å². The number of nitrogen functional groups attached to an aromatic ring is 1. The summed E-state index contributed by atoms with van der Waals surface area (Å²) in [6.07, 6.45) is 2.92. The van der Waals surface area contributed by atoms with Crippen molar-refractivity contribution < 1.29 is 0 Å². The molecule has 0 spiro atoms. The van der Waals surface area contributed by atoms with E-state index in [0.29, 0.717) is 6.04 Å². The van der Waals surface area contributed by atoms with Gasteiger partial charge in [0.2, 0.25) is 0 Å². The van der Waals surface area contributed by atoms with Gasteiger partial charge in [-0.3, -0.25) is 4.90 Å². The van der Waals surface area contributed by atoms with E-state index in [-0.39, 0.29) is 0 Å². The maximum Gasteiger partial charge on any atom is 0.0320 e. The molecule has 0 radical (unpaired) electrons. The lowest BCUT2D eigenvalue weighted by molar-refractivity contribution is 0.0993. The Kier molecular flexibility index (Phi) is 3.76. The number of nitrogens with two attached hydrogens (primary N) is 1. The highest BCUT2D eigenvalue weighted by molar-refractivity contribution is 5.40. The third-order valence-electron chi connectivity index (χ3n) is 4.59. The normalized spacial score (nSPS) is 23.4. The Hall–Kier alpha value is -1.06. The van der Waals surface area contributed by atoms with Crippen molar-refractivity contribution in [3.63, 3.8) is 0 Å². The second-order valence-corrected chi connectivity index (χ2v) is 6.12. The van der Waals surface area contributed by atoms with E-state index in [2.05, 4.69) is 28.9 Å². The van der Waals surface area contributed by atoms with E-state index in [0.717, 1.165) is 11.6 Å². The minimum atomic E-state index is 0.503. The van der Waals surface area contributed by atoms with E-state index in [1.165, 1.54) is 51.1 Å². The van der Waals surface area contributed by atoms with Crippen LogP contribution in [0.3, 0.4) is 0 Å². The monoisotopic (exact) mass is 259 g/mol. The molecule has 1 aliphatic carbocycles. The SMILES string of the molecule is CC(c1ccc(N)cc1)N1CCN(CC2CC2)CC1. The second-order valence-electron chi connectivity index (χ2n) is 6.12. The first-order valence-corrected chi connectivity index (χ1v) is 7.54. The first-order valence-electron chi connectivity index (χ1n) is 7.54. The van der Waals surface area contributed by atoms with Gasteiger partial charge in [-0.15, -0.1) is 0 Å². The van der Waals surface area contributed by atoms with Gasteiger partial charge in [-0.25, -0.2) is 0 Å². The van der Waals surface area contributed by atoms with Gasteiger partial charge in [0, 0.05) is 44.5 Å². The van der Waals surface area contributed by atoms with Crippen molar-refractivity contribution in [1.29, 1.82) is 0 Å². The molecule has 1 aliphatic heterocycles. The van der Waals surface area contributed by atoms with Gasteiger partial charge in [-0.2, -0.15) is 0 Å². The van der Waals surface area contributed by atoms with Crippen molar-refractivity contribution >= 4 is 5.69 Å². The van der Waals surface area contributed by atoms with Crippen molar-refractivity contribution in [2.45, 2.75) is 25.8 Å². The molecule has 2 N–H and O–H groups in total. The topological polar surface area (TPSA) is 32.5 Å². The highest BCUT2D eigenvalue weighted by Gasteiger charge is 2.27. The molecule has 1 heterocycles. The van der Waals surface area contributed by atoms with Crippen LogP contribution in [0, 0.1) is 5.92 Å². The molecule has 1 saturated heterocycles. The molecule has 1 aromatic carbocycles.